The number of hydrogen-bond donors (Lipinski definition) is 1. The van der Waals surface area contributed by atoms with Gasteiger partial charge in [-0.25, -0.2) is 18.9 Å². The number of aryl methyl sites for hydroxylation is 1. The summed E-state index contributed by atoms with van der Waals surface area (Å²) in [4.78, 5) is 34.5. The molecule has 3 aromatic carbocycles. The molecule has 0 radical (unpaired) electrons. The van der Waals surface area contributed by atoms with Crippen LogP contribution in [-0.2, 0) is 11.0 Å². The second-order valence-corrected chi connectivity index (χ2v) is 10.7. The van der Waals surface area contributed by atoms with Gasteiger partial charge in [0.25, 0.3) is 0 Å². The molecule has 17 heteroatoms. The highest BCUT2D eigenvalue weighted by Crippen LogP contribution is 2.36. The zero-order valence-corrected chi connectivity index (χ0v) is 24.3. The SMILES string of the molecule is Cc1ccc(OCCC(F)(F)F)c(N2C(=O)CSC2=NC(=O)Nc2ccc(-c3ncn(-c4ccc(C(F)(F)F)cc4)n3)cc2F)c1. The van der Waals surface area contributed by atoms with E-state index in [-0.39, 0.29) is 45.1 Å². The number of thioether (sulfide) groups is 1. The number of alkyl halides is 6. The fourth-order valence-electron chi connectivity index (χ4n) is 4.19. The van der Waals surface area contributed by atoms with E-state index in [1.165, 1.54) is 47.4 Å². The van der Waals surface area contributed by atoms with E-state index >= 15 is 4.39 Å². The summed E-state index contributed by atoms with van der Waals surface area (Å²) >= 11 is 0.903. The van der Waals surface area contributed by atoms with Gasteiger partial charge in [0.2, 0.25) is 5.91 Å². The summed E-state index contributed by atoms with van der Waals surface area (Å²) in [5.41, 5.74) is 0.148. The maximum atomic E-state index is 15.0. The lowest BCUT2D eigenvalue weighted by Crippen LogP contribution is -2.31. The predicted octanol–water partition coefficient (Wildman–Crippen LogP) is 7.40. The van der Waals surface area contributed by atoms with E-state index in [0.717, 1.165) is 34.9 Å². The van der Waals surface area contributed by atoms with Crippen LogP contribution in [0.3, 0.4) is 0 Å². The number of rotatable bonds is 7. The van der Waals surface area contributed by atoms with Crippen LogP contribution >= 0.6 is 11.8 Å². The van der Waals surface area contributed by atoms with Crippen molar-refractivity contribution in [2.75, 3.05) is 22.6 Å². The number of halogens is 7. The lowest BCUT2D eigenvalue weighted by molar-refractivity contribution is -0.139. The number of benzene rings is 3. The van der Waals surface area contributed by atoms with Gasteiger partial charge in [-0.1, -0.05) is 17.8 Å². The van der Waals surface area contributed by atoms with Gasteiger partial charge in [-0.15, -0.1) is 5.10 Å². The number of amidine groups is 1. The first-order valence-corrected chi connectivity index (χ1v) is 14.2. The van der Waals surface area contributed by atoms with Gasteiger partial charge >= 0.3 is 18.4 Å². The van der Waals surface area contributed by atoms with Crippen LogP contribution in [0.25, 0.3) is 17.1 Å². The Kier molecular flexibility index (Phi) is 9.05. The molecule has 0 unspecified atom stereocenters. The van der Waals surface area contributed by atoms with Crippen molar-refractivity contribution in [1.29, 1.82) is 0 Å². The second kappa shape index (κ2) is 12.8. The molecule has 3 amide bonds. The Labute approximate surface area is 260 Å². The van der Waals surface area contributed by atoms with Crippen LogP contribution in [-0.4, -0.2) is 50.4 Å². The fourth-order valence-corrected chi connectivity index (χ4v) is 5.05. The van der Waals surface area contributed by atoms with Crippen LogP contribution in [0, 0.1) is 12.7 Å². The quantitative estimate of drug-likeness (QED) is 0.206. The third-order valence-corrected chi connectivity index (χ3v) is 7.30. The van der Waals surface area contributed by atoms with Crippen LogP contribution in [0.2, 0.25) is 0 Å². The molecule has 1 N–H and O–H groups in total. The maximum absolute atomic E-state index is 15.0. The summed E-state index contributed by atoms with van der Waals surface area (Å²) in [6, 6.07) is 11.3. The predicted molar refractivity (Wildman–Crippen MR) is 155 cm³/mol. The van der Waals surface area contributed by atoms with Crippen molar-refractivity contribution in [2.45, 2.75) is 25.7 Å². The topological polar surface area (TPSA) is 102 Å². The Bertz CT molecular complexity index is 1810. The Hall–Kier alpha value is -4.93. The van der Waals surface area contributed by atoms with Crippen molar-refractivity contribution < 1.29 is 45.1 Å². The van der Waals surface area contributed by atoms with Crippen molar-refractivity contribution in [3.8, 4) is 22.8 Å². The minimum absolute atomic E-state index is 0.0187. The molecular formula is C29H21F7N6O3S. The molecule has 5 rings (SSSR count). The summed E-state index contributed by atoms with van der Waals surface area (Å²) in [5.74, 6) is -1.46. The monoisotopic (exact) mass is 666 g/mol. The van der Waals surface area contributed by atoms with Gasteiger partial charge in [-0.2, -0.15) is 31.3 Å². The summed E-state index contributed by atoms with van der Waals surface area (Å²) in [6.45, 7) is 1.00. The summed E-state index contributed by atoms with van der Waals surface area (Å²) in [6.07, 6.45) is -8.92. The van der Waals surface area contributed by atoms with Crippen LogP contribution in [0.4, 0.5) is 46.9 Å². The molecule has 0 atom stereocenters. The lowest BCUT2D eigenvalue weighted by atomic mass is 10.2. The number of nitrogens with zero attached hydrogens (tertiary/aromatic N) is 5. The molecule has 0 saturated carbocycles. The number of ether oxygens (including phenoxy) is 1. The highest BCUT2D eigenvalue weighted by molar-refractivity contribution is 8.15. The number of aliphatic imine (C=N–C) groups is 1. The smallest absolute Gasteiger partial charge is 0.416 e. The first-order chi connectivity index (χ1) is 21.7. The van der Waals surface area contributed by atoms with Crippen LogP contribution in [0.15, 0.2) is 72.0 Å². The van der Waals surface area contributed by atoms with Gasteiger partial charge in [0.05, 0.1) is 41.4 Å². The van der Waals surface area contributed by atoms with E-state index < -0.39 is 48.7 Å². The minimum atomic E-state index is -4.50. The lowest BCUT2D eigenvalue weighted by Gasteiger charge is -2.20. The van der Waals surface area contributed by atoms with Gasteiger partial charge < -0.3 is 10.1 Å². The standard InChI is InChI=1S/C29H21F7N6O3S/c1-16-2-9-23(45-11-10-28(31,32)33)22(12-16)42-24(43)14-46-27(42)39-26(44)38-21-8-3-17(13-20(21)30)25-37-15-41(40-25)19-6-4-18(5-7-19)29(34,35)36/h2-9,12-13,15H,10-11,14H2,1H3,(H,38,44). The van der Waals surface area contributed by atoms with Crippen molar-refractivity contribution in [3.63, 3.8) is 0 Å². The Morgan fingerprint density at radius 3 is 2.46 bits per heavy atom. The number of carbonyl (C=O) groups excluding carboxylic acids is 2. The van der Waals surface area contributed by atoms with Crippen molar-refractivity contribution >= 4 is 40.2 Å². The molecule has 46 heavy (non-hydrogen) atoms. The molecule has 1 fully saturated rings. The minimum Gasteiger partial charge on any atom is -0.491 e. The van der Waals surface area contributed by atoms with E-state index in [4.69, 9.17) is 4.74 Å². The number of urea groups is 1. The Morgan fingerprint density at radius 2 is 1.78 bits per heavy atom. The molecule has 2 heterocycles. The van der Waals surface area contributed by atoms with Crippen molar-refractivity contribution in [3.05, 3.63) is 83.9 Å². The first-order valence-electron chi connectivity index (χ1n) is 13.2. The largest absolute Gasteiger partial charge is 0.491 e. The van der Waals surface area contributed by atoms with Gasteiger partial charge in [0.15, 0.2) is 11.0 Å². The number of aromatic nitrogens is 3. The number of hydrogen-bond acceptors (Lipinski definition) is 6. The van der Waals surface area contributed by atoms with Crippen LogP contribution in [0.1, 0.15) is 17.5 Å². The highest BCUT2D eigenvalue weighted by atomic mass is 32.2. The van der Waals surface area contributed by atoms with E-state index in [9.17, 15) is 35.9 Å². The van der Waals surface area contributed by atoms with Gasteiger partial charge in [0.1, 0.15) is 17.9 Å². The molecule has 9 nitrogen and oxygen atoms in total. The van der Waals surface area contributed by atoms with Crippen molar-refractivity contribution in [1.82, 2.24) is 14.8 Å². The molecule has 1 aliphatic rings. The van der Waals surface area contributed by atoms with Crippen LogP contribution < -0.4 is 15.0 Å². The molecule has 240 valence electrons. The fraction of sp³-hybridized carbons (Fsp3) is 0.207. The third kappa shape index (κ3) is 7.64. The first kappa shape index (κ1) is 32.5. The zero-order valence-electron chi connectivity index (χ0n) is 23.5. The summed E-state index contributed by atoms with van der Waals surface area (Å²) in [5, 5.41) is 6.36. The van der Waals surface area contributed by atoms with E-state index in [0.29, 0.717) is 5.56 Å². The number of anilines is 2. The maximum Gasteiger partial charge on any atom is 0.416 e. The van der Waals surface area contributed by atoms with Gasteiger partial charge in [-0.3, -0.25) is 9.69 Å². The Morgan fingerprint density at radius 1 is 1.04 bits per heavy atom. The summed E-state index contributed by atoms with van der Waals surface area (Å²) < 4.78 is 98.0. The van der Waals surface area contributed by atoms with Gasteiger partial charge in [-0.05, 0) is 67.1 Å². The average molecular weight is 667 g/mol. The Balaban J connectivity index is 1.30. The average Bonchev–Trinajstić information content (AvgIpc) is 3.61. The van der Waals surface area contributed by atoms with Crippen molar-refractivity contribution in [2.24, 2.45) is 4.99 Å². The number of amides is 3. The molecule has 0 spiro atoms. The van der Waals surface area contributed by atoms with E-state index in [1.54, 1.807) is 13.0 Å². The normalized spacial score (nSPS) is 14.7. The van der Waals surface area contributed by atoms with E-state index in [2.05, 4.69) is 20.4 Å². The number of nitrogens with one attached hydrogen (secondary N) is 1. The molecular weight excluding hydrogens is 645 g/mol. The van der Waals surface area contributed by atoms with E-state index in [1.807, 2.05) is 0 Å². The molecule has 1 saturated heterocycles. The molecule has 4 aromatic rings. The highest BCUT2D eigenvalue weighted by Gasteiger charge is 2.34. The molecule has 1 aliphatic heterocycles. The number of carbonyl (C=O) groups is 2. The molecule has 1 aromatic heterocycles. The second-order valence-electron chi connectivity index (χ2n) is 9.78. The van der Waals surface area contributed by atoms with Crippen LogP contribution in [0.5, 0.6) is 5.75 Å². The molecule has 0 aliphatic carbocycles. The molecule has 0 bridgehead atoms. The van der Waals surface area contributed by atoms with Gasteiger partial charge in [0, 0.05) is 5.56 Å². The summed E-state index contributed by atoms with van der Waals surface area (Å²) in [7, 11) is 0. The zero-order chi connectivity index (χ0) is 33.2. The third-order valence-electron chi connectivity index (χ3n) is 6.38.